The van der Waals surface area contributed by atoms with Crippen molar-refractivity contribution >= 4 is 11.8 Å². The van der Waals surface area contributed by atoms with Crippen molar-refractivity contribution in [1.29, 1.82) is 0 Å². The first-order chi connectivity index (χ1) is 11.8. The summed E-state index contributed by atoms with van der Waals surface area (Å²) < 4.78 is 27.4. The number of carbonyl (C=O) groups excluding carboxylic acids is 1. The van der Waals surface area contributed by atoms with Crippen LogP contribution in [0, 0.1) is 0 Å². The van der Waals surface area contributed by atoms with Crippen molar-refractivity contribution in [2.75, 3.05) is 32.8 Å². The van der Waals surface area contributed by atoms with E-state index in [1.165, 1.54) is 7.11 Å². The molecule has 1 rings (SSSR count). The largest absolute Gasteiger partial charge is 0.497 e. The van der Waals surface area contributed by atoms with Crippen LogP contribution in [0.5, 0.6) is 11.5 Å². The molecule has 0 aliphatic rings. The van der Waals surface area contributed by atoms with Crippen LogP contribution >= 0.6 is 0 Å². The Morgan fingerprint density at radius 2 is 1.68 bits per heavy atom. The lowest BCUT2D eigenvalue weighted by Gasteiger charge is -2.24. The fourth-order valence-corrected chi connectivity index (χ4v) is 2.15. The van der Waals surface area contributed by atoms with E-state index in [2.05, 4.69) is 5.32 Å². The molecule has 0 heterocycles. The molecule has 1 aromatic carbocycles. The van der Waals surface area contributed by atoms with Crippen LogP contribution in [-0.2, 0) is 14.2 Å². The maximum Gasteiger partial charge on any atom is 0.412 e. The summed E-state index contributed by atoms with van der Waals surface area (Å²) in [6, 6.07) is 3.41. The van der Waals surface area contributed by atoms with Crippen molar-refractivity contribution in [2.45, 2.75) is 46.5 Å². The molecule has 0 aliphatic heterocycles. The summed E-state index contributed by atoms with van der Waals surface area (Å²) in [5, 5.41) is 2.73. The average Bonchev–Trinajstić information content (AvgIpc) is 2.53. The zero-order valence-electron chi connectivity index (χ0n) is 16.1. The summed E-state index contributed by atoms with van der Waals surface area (Å²) in [5.74, 6) is 0.982. The van der Waals surface area contributed by atoms with E-state index in [0.29, 0.717) is 36.0 Å². The van der Waals surface area contributed by atoms with Gasteiger partial charge in [-0.1, -0.05) is 0 Å². The number of ether oxygens (including phenoxy) is 5. The molecule has 0 saturated heterocycles. The van der Waals surface area contributed by atoms with E-state index in [9.17, 15) is 4.79 Å². The van der Waals surface area contributed by atoms with Crippen molar-refractivity contribution in [3.05, 3.63) is 17.7 Å². The summed E-state index contributed by atoms with van der Waals surface area (Å²) >= 11 is 0. The lowest BCUT2D eigenvalue weighted by Crippen LogP contribution is -2.28. The molecule has 0 saturated carbocycles. The molecule has 0 spiro atoms. The van der Waals surface area contributed by atoms with Crippen LogP contribution in [0.25, 0.3) is 0 Å². The van der Waals surface area contributed by atoms with E-state index in [-0.39, 0.29) is 0 Å². The van der Waals surface area contributed by atoms with Gasteiger partial charge in [-0.15, -0.1) is 0 Å². The Hall–Kier alpha value is -1.99. The Morgan fingerprint density at radius 1 is 1.08 bits per heavy atom. The van der Waals surface area contributed by atoms with Gasteiger partial charge in [0.2, 0.25) is 0 Å². The first-order valence-corrected chi connectivity index (χ1v) is 8.24. The van der Waals surface area contributed by atoms with Gasteiger partial charge in [0.25, 0.3) is 0 Å². The summed E-state index contributed by atoms with van der Waals surface area (Å²) in [4.78, 5) is 12.2. The van der Waals surface area contributed by atoms with E-state index in [1.54, 1.807) is 40.0 Å². The molecule has 1 amide bonds. The van der Waals surface area contributed by atoms with Gasteiger partial charge in [0.1, 0.15) is 17.1 Å². The van der Waals surface area contributed by atoms with Gasteiger partial charge in [0.15, 0.2) is 6.29 Å². The molecule has 7 nitrogen and oxygen atoms in total. The molecule has 0 bridgehead atoms. The maximum absolute atomic E-state index is 12.2. The zero-order valence-corrected chi connectivity index (χ0v) is 16.1. The second-order valence-electron chi connectivity index (χ2n) is 6.16. The molecule has 1 aromatic rings. The number of anilines is 1. The monoisotopic (exact) mass is 355 g/mol. The molecule has 25 heavy (non-hydrogen) atoms. The average molecular weight is 355 g/mol. The van der Waals surface area contributed by atoms with E-state index in [4.69, 9.17) is 23.7 Å². The van der Waals surface area contributed by atoms with Gasteiger partial charge in [0.05, 0.1) is 19.9 Å². The Bertz CT molecular complexity index is 561. The van der Waals surface area contributed by atoms with Gasteiger partial charge in [-0.3, -0.25) is 5.32 Å². The molecule has 142 valence electrons. The van der Waals surface area contributed by atoms with E-state index in [0.717, 1.165) is 0 Å². The minimum Gasteiger partial charge on any atom is -0.497 e. The van der Waals surface area contributed by atoms with Crippen LogP contribution in [0.3, 0.4) is 0 Å². The van der Waals surface area contributed by atoms with Crippen molar-refractivity contribution in [3.8, 4) is 11.5 Å². The predicted octanol–water partition coefficient (Wildman–Crippen LogP) is 4.12. The number of carbonyl (C=O) groups is 1. The fraction of sp³-hybridized carbons (Fsp3) is 0.611. The highest BCUT2D eigenvalue weighted by Crippen LogP contribution is 2.39. The second-order valence-corrected chi connectivity index (χ2v) is 6.16. The normalized spacial score (nSPS) is 11.4. The van der Waals surface area contributed by atoms with Gasteiger partial charge < -0.3 is 23.7 Å². The highest BCUT2D eigenvalue weighted by Gasteiger charge is 2.24. The standard InChI is InChI=1S/C18H29NO6/c1-8-23-16(24-9-2)13-10-12(21-6)11-14(22-7)15(13)19-17(20)25-18(3,4)5/h10-11,16H,8-9H2,1-7H3,(H,19,20). The smallest absolute Gasteiger partial charge is 0.412 e. The molecular formula is C18H29NO6. The summed E-state index contributed by atoms with van der Waals surface area (Å²) in [6.45, 7) is 9.99. The third-order valence-electron chi connectivity index (χ3n) is 3.08. The minimum absolute atomic E-state index is 0.421. The van der Waals surface area contributed by atoms with E-state index < -0.39 is 18.0 Å². The van der Waals surface area contributed by atoms with Gasteiger partial charge in [-0.2, -0.15) is 0 Å². The first kappa shape index (κ1) is 21.1. The topological polar surface area (TPSA) is 75.3 Å². The molecular weight excluding hydrogens is 326 g/mol. The Balaban J connectivity index is 3.32. The first-order valence-electron chi connectivity index (χ1n) is 8.24. The van der Waals surface area contributed by atoms with Crippen LogP contribution in [0.4, 0.5) is 10.5 Å². The van der Waals surface area contributed by atoms with Gasteiger partial charge >= 0.3 is 6.09 Å². The number of methoxy groups -OCH3 is 2. The molecule has 1 N–H and O–H groups in total. The highest BCUT2D eigenvalue weighted by atomic mass is 16.7. The quantitative estimate of drug-likeness (QED) is 0.707. The van der Waals surface area contributed by atoms with Crippen LogP contribution in [0.15, 0.2) is 12.1 Å². The molecule has 0 atom stereocenters. The molecule has 0 aromatic heterocycles. The number of amides is 1. The molecule has 0 aliphatic carbocycles. The second kappa shape index (κ2) is 9.48. The number of nitrogens with one attached hydrogen (secondary N) is 1. The van der Waals surface area contributed by atoms with Gasteiger partial charge in [-0.25, -0.2) is 4.79 Å². The SMILES string of the molecule is CCOC(OCC)c1cc(OC)cc(OC)c1NC(=O)OC(C)(C)C. The number of benzene rings is 1. The highest BCUT2D eigenvalue weighted by molar-refractivity contribution is 5.88. The van der Waals surface area contributed by atoms with Crippen LogP contribution in [-0.4, -0.2) is 39.1 Å². The minimum atomic E-state index is -0.677. The Labute approximate surface area is 149 Å². The third kappa shape index (κ3) is 6.43. The van der Waals surface area contributed by atoms with Gasteiger partial charge in [0, 0.05) is 24.8 Å². The zero-order chi connectivity index (χ0) is 19.0. The molecule has 7 heteroatoms. The lowest BCUT2D eigenvalue weighted by atomic mass is 10.1. The third-order valence-corrected chi connectivity index (χ3v) is 3.08. The molecule has 0 unspecified atom stereocenters. The summed E-state index contributed by atoms with van der Waals surface area (Å²) in [7, 11) is 3.06. The predicted molar refractivity (Wildman–Crippen MR) is 95.4 cm³/mol. The Morgan fingerprint density at radius 3 is 2.12 bits per heavy atom. The number of rotatable bonds is 8. The van der Waals surface area contributed by atoms with E-state index in [1.807, 2.05) is 13.8 Å². The van der Waals surface area contributed by atoms with Gasteiger partial charge in [-0.05, 0) is 40.7 Å². The van der Waals surface area contributed by atoms with Crippen LogP contribution in [0.2, 0.25) is 0 Å². The summed E-state index contributed by atoms with van der Waals surface area (Å²) in [6.07, 6.45) is -1.27. The van der Waals surface area contributed by atoms with Crippen LogP contribution < -0.4 is 14.8 Å². The van der Waals surface area contributed by atoms with Crippen LogP contribution in [0.1, 0.15) is 46.5 Å². The van der Waals surface area contributed by atoms with Crippen molar-refractivity contribution < 1.29 is 28.5 Å². The van der Waals surface area contributed by atoms with E-state index >= 15 is 0 Å². The summed E-state index contributed by atoms with van der Waals surface area (Å²) in [5.41, 5.74) is 0.388. The number of hydrogen-bond donors (Lipinski definition) is 1. The fourth-order valence-electron chi connectivity index (χ4n) is 2.15. The number of hydrogen-bond acceptors (Lipinski definition) is 6. The maximum atomic E-state index is 12.2. The van der Waals surface area contributed by atoms with Crippen molar-refractivity contribution in [1.82, 2.24) is 0 Å². The Kier molecular flexibility index (Phi) is 7.99. The molecule has 0 fully saturated rings. The molecule has 0 radical (unpaired) electrons. The van der Waals surface area contributed by atoms with Crippen molar-refractivity contribution in [2.24, 2.45) is 0 Å². The van der Waals surface area contributed by atoms with Crippen molar-refractivity contribution in [3.63, 3.8) is 0 Å². The lowest BCUT2D eigenvalue weighted by molar-refractivity contribution is -0.140.